The third kappa shape index (κ3) is 8.61. The molecule has 14 heteroatoms. The number of aromatic nitrogens is 2. The van der Waals surface area contributed by atoms with E-state index < -0.39 is 42.0 Å². The molecule has 14 nitrogen and oxygen atoms in total. The largest absolute Gasteiger partial charge is 0.481 e. The van der Waals surface area contributed by atoms with E-state index in [0.717, 1.165) is 0 Å². The highest BCUT2D eigenvalue weighted by Crippen LogP contribution is 2.27. The van der Waals surface area contributed by atoms with Crippen molar-refractivity contribution in [3.05, 3.63) is 78.0 Å². The van der Waals surface area contributed by atoms with Crippen molar-refractivity contribution in [3.63, 3.8) is 0 Å². The van der Waals surface area contributed by atoms with Crippen molar-refractivity contribution in [1.29, 1.82) is 0 Å². The van der Waals surface area contributed by atoms with Gasteiger partial charge in [0.15, 0.2) is 5.69 Å². The molecule has 1 aromatic heterocycles. The highest BCUT2D eigenvalue weighted by atomic mass is 16.6. The summed E-state index contributed by atoms with van der Waals surface area (Å²) < 4.78 is 17.8. The third-order valence-corrected chi connectivity index (χ3v) is 7.12. The first-order chi connectivity index (χ1) is 22.2. The maximum absolute atomic E-state index is 13.6. The van der Waals surface area contributed by atoms with Gasteiger partial charge in [0, 0.05) is 44.2 Å². The van der Waals surface area contributed by atoms with E-state index in [0.29, 0.717) is 11.3 Å². The van der Waals surface area contributed by atoms with Gasteiger partial charge in [0.25, 0.3) is 5.91 Å². The molecule has 0 saturated carbocycles. The molecule has 0 radical (unpaired) electrons. The molecular formula is C32H37N5O9. The SMILES string of the molecule is CCOC(=O)[C@@H](Oc1cc(C(=O)NC(CCC(=O)O)C(=O)N2CCN(C(=O)OCC)CC2)nn1-c1ccccc1)c1ccccc1. The Balaban J connectivity index is 1.59. The van der Waals surface area contributed by atoms with Crippen molar-refractivity contribution in [2.75, 3.05) is 39.4 Å². The van der Waals surface area contributed by atoms with E-state index in [4.69, 9.17) is 14.2 Å². The molecule has 0 aliphatic carbocycles. The number of ether oxygens (including phenoxy) is 3. The summed E-state index contributed by atoms with van der Waals surface area (Å²) in [6.45, 7) is 4.57. The minimum Gasteiger partial charge on any atom is -0.481 e. The van der Waals surface area contributed by atoms with Crippen LogP contribution in [0.25, 0.3) is 5.69 Å². The second-order valence-corrected chi connectivity index (χ2v) is 10.2. The van der Waals surface area contributed by atoms with Crippen molar-refractivity contribution < 1.29 is 43.3 Å². The Morgan fingerprint density at radius 1 is 0.870 bits per heavy atom. The molecule has 1 aliphatic heterocycles. The zero-order valence-corrected chi connectivity index (χ0v) is 25.7. The molecule has 1 aliphatic rings. The molecule has 4 rings (SSSR count). The lowest BCUT2D eigenvalue weighted by atomic mass is 10.1. The predicted molar refractivity (Wildman–Crippen MR) is 163 cm³/mol. The monoisotopic (exact) mass is 635 g/mol. The van der Waals surface area contributed by atoms with Crippen LogP contribution < -0.4 is 10.1 Å². The summed E-state index contributed by atoms with van der Waals surface area (Å²) in [7, 11) is 0. The summed E-state index contributed by atoms with van der Waals surface area (Å²) >= 11 is 0. The Labute approximate surface area is 265 Å². The van der Waals surface area contributed by atoms with Crippen molar-refractivity contribution in [2.24, 2.45) is 0 Å². The molecule has 2 N–H and O–H groups in total. The minimum atomic E-state index is -1.18. The van der Waals surface area contributed by atoms with Crippen molar-refractivity contribution >= 4 is 29.8 Å². The average molecular weight is 636 g/mol. The number of rotatable bonds is 13. The molecule has 0 bridgehead atoms. The van der Waals surface area contributed by atoms with Crippen LogP contribution in [0.1, 0.15) is 48.8 Å². The third-order valence-electron chi connectivity index (χ3n) is 7.12. The number of esters is 1. The zero-order valence-electron chi connectivity index (χ0n) is 25.7. The van der Waals surface area contributed by atoms with E-state index in [1.54, 1.807) is 74.5 Å². The van der Waals surface area contributed by atoms with Crippen LogP contribution in [0.15, 0.2) is 66.7 Å². The van der Waals surface area contributed by atoms with Crippen molar-refractivity contribution in [1.82, 2.24) is 24.9 Å². The Bertz CT molecular complexity index is 1500. The van der Waals surface area contributed by atoms with Gasteiger partial charge >= 0.3 is 18.0 Å². The number of benzene rings is 2. The number of carboxylic acids is 1. The van der Waals surface area contributed by atoms with Crippen LogP contribution in [-0.4, -0.2) is 100.0 Å². The van der Waals surface area contributed by atoms with Gasteiger partial charge in [-0.15, -0.1) is 0 Å². The summed E-state index contributed by atoms with van der Waals surface area (Å²) in [5.41, 5.74) is 0.926. The Kier molecular flexibility index (Phi) is 11.7. The molecule has 3 amide bonds. The summed E-state index contributed by atoms with van der Waals surface area (Å²) in [6.07, 6.45) is -2.19. The molecule has 0 spiro atoms. The fourth-order valence-corrected chi connectivity index (χ4v) is 4.83. The zero-order chi connectivity index (χ0) is 33.1. The van der Waals surface area contributed by atoms with Crippen LogP contribution in [0.2, 0.25) is 0 Å². The number of carbonyl (C=O) groups excluding carboxylic acids is 4. The fourth-order valence-electron chi connectivity index (χ4n) is 4.83. The number of aliphatic carboxylic acids is 1. The Morgan fingerprint density at radius 2 is 1.48 bits per heavy atom. The van der Waals surface area contributed by atoms with Gasteiger partial charge in [0.1, 0.15) is 6.04 Å². The van der Waals surface area contributed by atoms with Gasteiger partial charge in [-0.05, 0) is 32.4 Å². The maximum atomic E-state index is 13.6. The lowest BCUT2D eigenvalue weighted by Gasteiger charge is -2.35. The first-order valence-corrected chi connectivity index (χ1v) is 15.0. The lowest BCUT2D eigenvalue weighted by Crippen LogP contribution is -2.56. The molecule has 46 heavy (non-hydrogen) atoms. The van der Waals surface area contributed by atoms with Gasteiger partial charge < -0.3 is 34.4 Å². The fraction of sp³-hybridized carbons (Fsp3) is 0.375. The standard InChI is InChI=1S/C32H37N5O9/c1-3-44-31(42)28(22-11-7-5-8-12-22)46-26-21-25(34-37(26)23-13-9-6-10-14-23)29(40)33-24(15-16-27(38)39)30(41)35-17-19-36(20-18-35)32(43)45-4-2/h5-14,21,24,28H,3-4,15-20H2,1-2H3,(H,33,40)(H,38,39)/t24?,28-/m0/s1. The van der Waals surface area contributed by atoms with E-state index in [1.165, 1.54) is 20.5 Å². The maximum Gasteiger partial charge on any atom is 0.409 e. The predicted octanol–water partition coefficient (Wildman–Crippen LogP) is 2.82. The van der Waals surface area contributed by atoms with Crippen LogP contribution in [-0.2, 0) is 23.9 Å². The number of carbonyl (C=O) groups is 5. The van der Waals surface area contributed by atoms with E-state index >= 15 is 0 Å². The second-order valence-electron chi connectivity index (χ2n) is 10.2. The summed E-state index contributed by atoms with van der Waals surface area (Å²) in [5.74, 6) is -2.94. The van der Waals surface area contributed by atoms with Gasteiger partial charge in [-0.25, -0.2) is 14.3 Å². The smallest absolute Gasteiger partial charge is 0.409 e. The molecule has 3 aromatic rings. The van der Waals surface area contributed by atoms with E-state index in [-0.39, 0.29) is 63.8 Å². The first kappa shape index (κ1) is 33.5. The number of para-hydroxylation sites is 1. The number of nitrogens with zero attached hydrogens (tertiary/aromatic N) is 4. The molecule has 1 saturated heterocycles. The highest BCUT2D eigenvalue weighted by Gasteiger charge is 2.32. The molecule has 2 heterocycles. The number of hydrogen-bond acceptors (Lipinski definition) is 9. The molecule has 244 valence electrons. The van der Waals surface area contributed by atoms with Crippen LogP contribution in [0, 0.1) is 0 Å². The Morgan fingerprint density at radius 3 is 2.09 bits per heavy atom. The van der Waals surface area contributed by atoms with Crippen molar-refractivity contribution in [3.8, 4) is 11.6 Å². The number of carboxylic acid groups (broad SMARTS) is 1. The summed E-state index contributed by atoms with van der Waals surface area (Å²) in [6, 6.07) is 17.7. The van der Waals surface area contributed by atoms with Gasteiger partial charge in [-0.3, -0.25) is 14.4 Å². The van der Waals surface area contributed by atoms with Crippen LogP contribution in [0.3, 0.4) is 0 Å². The summed E-state index contributed by atoms with van der Waals surface area (Å²) in [4.78, 5) is 66.4. The minimum absolute atomic E-state index is 0.0572. The number of piperazine rings is 1. The van der Waals surface area contributed by atoms with Gasteiger partial charge in [0.2, 0.25) is 17.9 Å². The molecule has 1 fully saturated rings. The van der Waals surface area contributed by atoms with Crippen LogP contribution in [0.5, 0.6) is 5.88 Å². The van der Waals surface area contributed by atoms with Crippen molar-refractivity contribution in [2.45, 2.75) is 38.8 Å². The quantitative estimate of drug-likeness (QED) is 0.266. The second kappa shape index (κ2) is 16.1. The molecule has 1 unspecified atom stereocenters. The highest BCUT2D eigenvalue weighted by molar-refractivity contribution is 5.96. The molecule has 2 aromatic carbocycles. The van der Waals surface area contributed by atoms with Crippen LogP contribution >= 0.6 is 0 Å². The number of hydrogen-bond donors (Lipinski definition) is 2. The van der Waals surface area contributed by atoms with Gasteiger partial charge in [-0.1, -0.05) is 48.5 Å². The lowest BCUT2D eigenvalue weighted by molar-refractivity contribution is -0.152. The van der Waals surface area contributed by atoms with Gasteiger partial charge in [0.05, 0.1) is 18.9 Å². The first-order valence-electron chi connectivity index (χ1n) is 15.0. The van der Waals surface area contributed by atoms with E-state index in [2.05, 4.69) is 10.4 Å². The van der Waals surface area contributed by atoms with E-state index in [9.17, 15) is 29.1 Å². The normalized spacial score (nSPS) is 14.1. The van der Waals surface area contributed by atoms with Crippen LogP contribution in [0.4, 0.5) is 4.79 Å². The molecular weight excluding hydrogens is 598 g/mol. The number of nitrogens with one attached hydrogen (secondary N) is 1. The number of amides is 3. The summed E-state index contributed by atoms with van der Waals surface area (Å²) in [5, 5.41) is 16.4. The van der Waals surface area contributed by atoms with Gasteiger partial charge in [-0.2, -0.15) is 5.10 Å². The van der Waals surface area contributed by atoms with E-state index in [1.807, 2.05) is 0 Å². The molecule has 2 atom stereocenters. The topological polar surface area (TPSA) is 170 Å². The Hall–Kier alpha value is -5.40. The average Bonchev–Trinajstić information content (AvgIpc) is 3.50.